The highest BCUT2D eigenvalue weighted by Gasteiger charge is 2.13. The smallest absolute Gasteiger partial charge is 0.338 e. The maximum Gasteiger partial charge on any atom is 0.338 e. The van der Waals surface area contributed by atoms with E-state index in [2.05, 4.69) is 4.98 Å². The van der Waals surface area contributed by atoms with Crippen LogP contribution in [0.15, 0.2) is 47.6 Å². The summed E-state index contributed by atoms with van der Waals surface area (Å²) in [5.74, 6) is -1.05. The zero-order valence-corrected chi connectivity index (χ0v) is 11.1. The number of carbonyl (C=O) groups is 2. The first-order valence-corrected chi connectivity index (χ1v) is 6.70. The number of aromatic hydroxyl groups is 1. The zero-order valence-electron chi connectivity index (χ0n) is 10.3. The van der Waals surface area contributed by atoms with E-state index in [1.807, 2.05) is 0 Å². The molecule has 0 bridgehead atoms. The lowest BCUT2D eigenvalue weighted by atomic mass is 10.1. The molecule has 0 atom stereocenters. The highest BCUT2D eigenvalue weighted by atomic mass is 32.2. The molecular formula is C14H11NO4S. The lowest BCUT2D eigenvalue weighted by molar-refractivity contribution is 0.0692. The van der Waals surface area contributed by atoms with Crippen molar-refractivity contribution in [3.63, 3.8) is 0 Å². The topological polar surface area (TPSA) is 87.5 Å². The number of rotatable bonds is 5. The van der Waals surface area contributed by atoms with Gasteiger partial charge in [0.25, 0.3) is 0 Å². The number of ketones is 1. The van der Waals surface area contributed by atoms with Gasteiger partial charge in [-0.1, -0.05) is 11.8 Å². The van der Waals surface area contributed by atoms with Crippen molar-refractivity contribution in [2.45, 2.75) is 5.03 Å². The van der Waals surface area contributed by atoms with Gasteiger partial charge in [0, 0.05) is 11.8 Å². The quantitative estimate of drug-likeness (QED) is 0.649. The third-order valence-corrected chi connectivity index (χ3v) is 3.54. The van der Waals surface area contributed by atoms with E-state index in [0.29, 0.717) is 10.6 Å². The standard InChI is InChI=1S/C14H11NO4S/c16-10-5-3-9(4-6-10)12(17)8-20-13-11(14(18)19)2-1-7-15-13/h1-7,16H,8H2,(H,18,19). The molecule has 0 fully saturated rings. The SMILES string of the molecule is O=C(CSc1ncccc1C(=O)O)c1ccc(O)cc1. The summed E-state index contributed by atoms with van der Waals surface area (Å²) in [7, 11) is 0. The Balaban J connectivity index is 2.07. The number of carboxylic acid groups (broad SMARTS) is 1. The van der Waals surface area contributed by atoms with Gasteiger partial charge in [-0.2, -0.15) is 0 Å². The van der Waals surface area contributed by atoms with E-state index in [4.69, 9.17) is 10.2 Å². The molecule has 102 valence electrons. The summed E-state index contributed by atoms with van der Waals surface area (Å²) >= 11 is 1.08. The third kappa shape index (κ3) is 3.36. The predicted molar refractivity (Wildman–Crippen MR) is 74.4 cm³/mol. The summed E-state index contributed by atoms with van der Waals surface area (Å²) in [6.07, 6.45) is 1.49. The van der Waals surface area contributed by atoms with Gasteiger partial charge in [-0.25, -0.2) is 9.78 Å². The Morgan fingerprint density at radius 3 is 2.50 bits per heavy atom. The van der Waals surface area contributed by atoms with Gasteiger partial charge in [0.05, 0.1) is 11.3 Å². The number of Topliss-reactive ketones (excluding diaryl/α,β-unsaturated/α-hetero) is 1. The van der Waals surface area contributed by atoms with E-state index in [9.17, 15) is 9.59 Å². The second-order valence-electron chi connectivity index (χ2n) is 3.92. The molecule has 0 saturated heterocycles. The van der Waals surface area contributed by atoms with Crippen molar-refractivity contribution in [2.75, 3.05) is 5.75 Å². The minimum atomic E-state index is -1.07. The van der Waals surface area contributed by atoms with E-state index < -0.39 is 5.97 Å². The molecule has 0 saturated carbocycles. The van der Waals surface area contributed by atoms with Crippen molar-refractivity contribution >= 4 is 23.5 Å². The number of hydrogen-bond donors (Lipinski definition) is 2. The number of carboxylic acids is 1. The molecule has 6 heteroatoms. The van der Waals surface area contributed by atoms with Crippen LogP contribution in [0.5, 0.6) is 5.75 Å². The lowest BCUT2D eigenvalue weighted by Crippen LogP contribution is -2.05. The maximum absolute atomic E-state index is 11.9. The Hall–Kier alpha value is -2.34. The molecule has 5 nitrogen and oxygen atoms in total. The van der Waals surface area contributed by atoms with E-state index in [1.165, 1.54) is 42.6 Å². The Bertz CT molecular complexity index is 640. The van der Waals surface area contributed by atoms with Crippen molar-refractivity contribution < 1.29 is 19.8 Å². The second kappa shape index (κ2) is 6.21. The predicted octanol–water partition coefficient (Wildman–Crippen LogP) is 2.46. The first-order chi connectivity index (χ1) is 9.58. The van der Waals surface area contributed by atoms with Crippen LogP contribution in [0.4, 0.5) is 0 Å². The van der Waals surface area contributed by atoms with Gasteiger partial charge in [-0.3, -0.25) is 4.79 Å². The Labute approximate surface area is 119 Å². The molecule has 1 heterocycles. The monoisotopic (exact) mass is 289 g/mol. The largest absolute Gasteiger partial charge is 0.508 e. The van der Waals surface area contributed by atoms with Crippen LogP contribution in [0.25, 0.3) is 0 Å². The summed E-state index contributed by atoms with van der Waals surface area (Å²) in [6, 6.07) is 8.89. The summed E-state index contributed by atoms with van der Waals surface area (Å²) in [4.78, 5) is 26.9. The number of thioether (sulfide) groups is 1. The average molecular weight is 289 g/mol. The minimum absolute atomic E-state index is 0.0796. The van der Waals surface area contributed by atoms with Gasteiger partial charge < -0.3 is 10.2 Å². The normalized spacial score (nSPS) is 10.2. The van der Waals surface area contributed by atoms with Crippen LogP contribution in [-0.4, -0.2) is 32.7 Å². The summed E-state index contributed by atoms with van der Waals surface area (Å²) < 4.78 is 0. The van der Waals surface area contributed by atoms with Crippen LogP contribution in [0, 0.1) is 0 Å². The summed E-state index contributed by atoms with van der Waals surface area (Å²) in [5.41, 5.74) is 0.541. The Kier molecular flexibility index (Phi) is 4.37. The van der Waals surface area contributed by atoms with E-state index in [0.717, 1.165) is 11.8 Å². The molecule has 2 aromatic rings. The van der Waals surface area contributed by atoms with Crippen LogP contribution in [0.1, 0.15) is 20.7 Å². The molecule has 0 unspecified atom stereocenters. The van der Waals surface area contributed by atoms with E-state index in [1.54, 1.807) is 0 Å². The average Bonchev–Trinajstić information content (AvgIpc) is 2.45. The summed E-state index contributed by atoms with van der Waals surface area (Å²) in [5, 5.41) is 18.5. The highest BCUT2D eigenvalue weighted by Crippen LogP contribution is 2.21. The fraction of sp³-hybridized carbons (Fsp3) is 0.0714. The molecule has 0 radical (unpaired) electrons. The number of nitrogens with zero attached hydrogens (tertiary/aromatic N) is 1. The lowest BCUT2D eigenvalue weighted by Gasteiger charge is -2.04. The van der Waals surface area contributed by atoms with Gasteiger partial charge in [-0.15, -0.1) is 0 Å². The van der Waals surface area contributed by atoms with Gasteiger partial charge in [-0.05, 0) is 36.4 Å². The first kappa shape index (κ1) is 14.1. The zero-order chi connectivity index (χ0) is 14.5. The Morgan fingerprint density at radius 2 is 1.85 bits per heavy atom. The molecular weight excluding hydrogens is 278 g/mol. The van der Waals surface area contributed by atoms with Crippen molar-refractivity contribution in [2.24, 2.45) is 0 Å². The van der Waals surface area contributed by atoms with Crippen LogP contribution in [0.3, 0.4) is 0 Å². The molecule has 1 aromatic heterocycles. The van der Waals surface area contributed by atoms with Crippen molar-refractivity contribution in [1.82, 2.24) is 4.98 Å². The van der Waals surface area contributed by atoms with E-state index in [-0.39, 0.29) is 22.8 Å². The van der Waals surface area contributed by atoms with E-state index >= 15 is 0 Å². The third-order valence-electron chi connectivity index (χ3n) is 2.53. The molecule has 0 aliphatic carbocycles. The molecule has 20 heavy (non-hydrogen) atoms. The number of benzene rings is 1. The molecule has 0 aliphatic heterocycles. The van der Waals surface area contributed by atoms with Crippen molar-refractivity contribution in [3.05, 3.63) is 53.7 Å². The minimum Gasteiger partial charge on any atom is -0.508 e. The molecule has 0 aliphatic rings. The van der Waals surface area contributed by atoms with Gasteiger partial charge in [0.15, 0.2) is 5.78 Å². The number of phenols is 1. The van der Waals surface area contributed by atoms with Crippen molar-refractivity contribution in [1.29, 1.82) is 0 Å². The molecule has 0 spiro atoms. The van der Waals surface area contributed by atoms with Gasteiger partial charge >= 0.3 is 5.97 Å². The van der Waals surface area contributed by atoms with Gasteiger partial charge in [0.1, 0.15) is 10.8 Å². The van der Waals surface area contributed by atoms with Crippen molar-refractivity contribution in [3.8, 4) is 5.75 Å². The molecule has 1 aromatic carbocycles. The highest BCUT2D eigenvalue weighted by molar-refractivity contribution is 8.00. The first-order valence-electron chi connectivity index (χ1n) is 5.71. The number of phenolic OH excluding ortho intramolecular Hbond substituents is 1. The fourth-order valence-electron chi connectivity index (χ4n) is 1.53. The van der Waals surface area contributed by atoms with Crippen LogP contribution < -0.4 is 0 Å². The number of aromatic nitrogens is 1. The second-order valence-corrected chi connectivity index (χ2v) is 4.88. The molecule has 2 N–H and O–H groups in total. The number of pyridine rings is 1. The summed E-state index contributed by atoms with van der Waals surface area (Å²) in [6.45, 7) is 0. The fourth-order valence-corrected chi connectivity index (χ4v) is 2.41. The maximum atomic E-state index is 11.9. The number of carbonyl (C=O) groups excluding carboxylic acids is 1. The van der Waals surface area contributed by atoms with Crippen LogP contribution in [-0.2, 0) is 0 Å². The Morgan fingerprint density at radius 1 is 1.15 bits per heavy atom. The van der Waals surface area contributed by atoms with Crippen LogP contribution in [0.2, 0.25) is 0 Å². The van der Waals surface area contributed by atoms with Gasteiger partial charge in [0.2, 0.25) is 0 Å². The number of aromatic carboxylic acids is 1. The molecule has 2 rings (SSSR count). The van der Waals surface area contributed by atoms with Crippen LogP contribution >= 0.6 is 11.8 Å². The number of hydrogen-bond acceptors (Lipinski definition) is 5. The molecule has 0 amide bonds.